The number of hydrogen-bond acceptors (Lipinski definition) is 3. The van der Waals surface area contributed by atoms with Crippen LogP contribution in [0.3, 0.4) is 0 Å². The fraction of sp³-hybridized carbons (Fsp3) is 0.429. The molecule has 0 radical (unpaired) electrons. The second-order valence-electron chi connectivity index (χ2n) is 2.36. The van der Waals surface area contributed by atoms with Crippen LogP contribution < -0.4 is 0 Å². The Morgan fingerprint density at radius 2 is 2.50 bits per heavy atom. The second-order valence-corrected chi connectivity index (χ2v) is 3.22. The summed E-state index contributed by atoms with van der Waals surface area (Å²) in [6.07, 6.45) is 3.34. The number of nitrogens with zero attached hydrogens (tertiary/aromatic N) is 2. The summed E-state index contributed by atoms with van der Waals surface area (Å²) >= 11 is 1.62. The lowest BCUT2D eigenvalue weighted by Gasteiger charge is -2.00. The molecule has 0 aliphatic heterocycles. The van der Waals surface area contributed by atoms with Crippen LogP contribution in [0.1, 0.15) is 16.3 Å². The molecule has 1 aromatic heterocycles. The summed E-state index contributed by atoms with van der Waals surface area (Å²) in [6.45, 7) is 0. The Morgan fingerprint density at radius 1 is 1.83 bits per heavy atom. The standard InChI is InChI=1S/C7H10N2O2S/c1-9-5(7(10)11)3-8-6(9)4-12-2/h3H,4H2,1-2H3,(H,10,11). The SMILES string of the molecule is CSCc1ncc(C(=O)O)n1C. The second kappa shape index (κ2) is 3.62. The van der Waals surface area contributed by atoms with Gasteiger partial charge in [0.25, 0.3) is 0 Å². The number of carboxylic acids is 1. The van der Waals surface area contributed by atoms with E-state index in [4.69, 9.17) is 5.11 Å². The van der Waals surface area contributed by atoms with Gasteiger partial charge in [-0.15, -0.1) is 0 Å². The highest BCUT2D eigenvalue weighted by Gasteiger charge is 2.11. The van der Waals surface area contributed by atoms with Gasteiger partial charge in [0, 0.05) is 7.05 Å². The topological polar surface area (TPSA) is 55.1 Å². The zero-order chi connectivity index (χ0) is 9.14. The quantitative estimate of drug-likeness (QED) is 0.764. The fourth-order valence-corrected chi connectivity index (χ4v) is 1.44. The number of imidazole rings is 1. The van der Waals surface area contributed by atoms with Gasteiger partial charge < -0.3 is 9.67 Å². The van der Waals surface area contributed by atoms with Crippen LogP contribution in [0, 0.1) is 0 Å². The van der Waals surface area contributed by atoms with Crippen LogP contribution in [0.15, 0.2) is 6.20 Å². The van der Waals surface area contributed by atoms with E-state index in [2.05, 4.69) is 4.98 Å². The molecule has 5 heteroatoms. The van der Waals surface area contributed by atoms with Crippen molar-refractivity contribution < 1.29 is 9.90 Å². The Hall–Kier alpha value is -0.970. The maximum Gasteiger partial charge on any atom is 0.354 e. The van der Waals surface area contributed by atoms with E-state index in [1.165, 1.54) is 6.20 Å². The van der Waals surface area contributed by atoms with Gasteiger partial charge in [-0.1, -0.05) is 0 Å². The van der Waals surface area contributed by atoms with Crippen molar-refractivity contribution in [3.63, 3.8) is 0 Å². The molecule has 0 aliphatic rings. The average Bonchev–Trinajstić information content (AvgIpc) is 2.34. The maximum absolute atomic E-state index is 10.6. The van der Waals surface area contributed by atoms with Crippen molar-refractivity contribution >= 4 is 17.7 Å². The molecule has 0 bridgehead atoms. The molecule has 4 nitrogen and oxygen atoms in total. The maximum atomic E-state index is 10.6. The third kappa shape index (κ3) is 1.61. The van der Waals surface area contributed by atoms with Gasteiger partial charge in [-0.05, 0) is 6.26 Å². The number of rotatable bonds is 3. The van der Waals surface area contributed by atoms with Gasteiger partial charge in [0.2, 0.25) is 0 Å². The summed E-state index contributed by atoms with van der Waals surface area (Å²) in [6, 6.07) is 0. The Bertz CT molecular complexity index is 296. The van der Waals surface area contributed by atoms with E-state index in [0.717, 1.165) is 11.6 Å². The van der Waals surface area contributed by atoms with E-state index in [0.29, 0.717) is 0 Å². The summed E-state index contributed by atoms with van der Waals surface area (Å²) in [5.41, 5.74) is 0.235. The first kappa shape index (κ1) is 9.12. The van der Waals surface area contributed by atoms with Crippen molar-refractivity contribution in [2.24, 2.45) is 7.05 Å². The van der Waals surface area contributed by atoms with Crippen LogP contribution >= 0.6 is 11.8 Å². The monoisotopic (exact) mass is 186 g/mol. The van der Waals surface area contributed by atoms with Crippen molar-refractivity contribution in [2.75, 3.05) is 6.26 Å². The number of hydrogen-bond donors (Lipinski definition) is 1. The molecule has 1 aromatic rings. The fourth-order valence-electron chi connectivity index (χ4n) is 0.910. The largest absolute Gasteiger partial charge is 0.477 e. The van der Waals surface area contributed by atoms with E-state index in [-0.39, 0.29) is 5.69 Å². The highest BCUT2D eigenvalue weighted by molar-refractivity contribution is 7.97. The first-order chi connectivity index (χ1) is 5.66. The van der Waals surface area contributed by atoms with Crippen LogP contribution in [-0.4, -0.2) is 26.9 Å². The molecule has 1 N–H and O–H groups in total. The van der Waals surface area contributed by atoms with E-state index in [1.54, 1.807) is 23.4 Å². The van der Waals surface area contributed by atoms with Gasteiger partial charge >= 0.3 is 5.97 Å². The van der Waals surface area contributed by atoms with E-state index < -0.39 is 5.97 Å². The van der Waals surface area contributed by atoms with Crippen molar-refractivity contribution in [1.29, 1.82) is 0 Å². The molecule has 0 unspecified atom stereocenters. The number of carbonyl (C=O) groups is 1. The Labute approximate surface area is 74.6 Å². The zero-order valence-electron chi connectivity index (χ0n) is 6.94. The van der Waals surface area contributed by atoms with Gasteiger partial charge in [-0.2, -0.15) is 11.8 Å². The predicted octanol–water partition coefficient (Wildman–Crippen LogP) is 0.981. The Kier molecular flexibility index (Phi) is 2.75. The van der Waals surface area contributed by atoms with Crippen LogP contribution in [0.4, 0.5) is 0 Å². The lowest BCUT2D eigenvalue weighted by Crippen LogP contribution is -2.06. The smallest absolute Gasteiger partial charge is 0.354 e. The number of carboxylic acid groups (broad SMARTS) is 1. The van der Waals surface area contributed by atoms with E-state index >= 15 is 0 Å². The molecule has 1 heterocycles. The molecule has 0 spiro atoms. The lowest BCUT2D eigenvalue weighted by molar-refractivity contribution is 0.0686. The molecule has 0 atom stereocenters. The summed E-state index contributed by atoms with van der Waals surface area (Å²) in [7, 11) is 1.71. The van der Waals surface area contributed by atoms with E-state index in [9.17, 15) is 4.79 Å². The highest BCUT2D eigenvalue weighted by atomic mass is 32.2. The average molecular weight is 186 g/mol. The minimum atomic E-state index is -0.933. The molecule has 12 heavy (non-hydrogen) atoms. The first-order valence-electron chi connectivity index (χ1n) is 3.39. The third-order valence-electron chi connectivity index (χ3n) is 1.58. The molecule has 0 amide bonds. The molecular weight excluding hydrogens is 176 g/mol. The molecule has 0 fully saturated rings. The molecule has 1 rings (SSSR count). The minimum absolute atomic E-state index is 0.235. The van der Waals surface area contributed by atoms with Crippen LogP contribution in [-0.2, 0) is 12.8 Å². The Morgan fingerprint density at radius 3 is 2.92 bits per heavy atom. The van der Waals surface area contributed by atoms with Crippen molar-refractivity contribution in [2.45, 2.75) is 5.75 Å². The first-order valence-corrected chi connectivity index (χ1v) is 4.79. The van der Waals surface area contributed by atoms with Gasteiger partial charge in [0.15, 0.2) is 0 Å². The number of aromatic nitrogens is 2. The minimum Gasteiger partial charge on any atom is -0.477 e. The van der Waals surface area contributed by atoms with Crippen molar-refractivity contribution in [1.82, 2.24) is 9.55 Å². The van der Waals surface area contributed by atoms with Gasteiger partial charge in [-0.3, -0.25) is 0 Å². The zero-order valence-corrected chi connectivity index (χ0v) is 7.76. The molecule has 0 aliphatic carbocycles. The summed E-state index contributed by atoms with van der Waals surface area (Å²) in [4.78, 5) is 14.6. The summed E-state index contributed by atoms with van der Waals surface area (Å²) < 4.78 is 1.60. The molecule has 0 saturated heterocycles. The van der Waals surface area contributed by atoms with E-state index in [1.807, 2.05) is 6.26 Å². The van der Waals surface area contributed by atoms with Crippen LogP contribution in [0.5, 0.6) is 0 Å². The van der Waals surface area contributed by atoms with Crippen LogP contribution in [0.25, 0.3) is 0 Å². The van der Waals surface area contributed by atoms with Gasteiger partial charge in [0.1, 0.15) is 11.5 Å². The van der Waals surface area contributed by atoms with Gasteiger partial charge in [0.05, 0.1) is 11.9 Å². The van der Waals surface area contributed by atoms with Crippen molar-refractivity contribution in [3.8, 4) is 0 Å². The highest BCUT2D eigenvalue weighted by Crippen LogP contribution is 2.08. The number of thioether (sulfide) groups is 1. The normalized spacial score (nSPS) is 10.2. The summed E-state index contributed by atoms with van der Waals surface area (Å²) in [5.74, 6) is 0.598. The molecule has 0 aromatic carbocycles. The van der Waals surface area contributed by atoms with Crippen LogP contribution in [0.2, 0.25) is 0 Å². The predicted molar refractivity (Wildman–Crippen MR) is 47.4 cm³/mol. The molecule has 0 saturated carbocycles. The lowest BCUT2D eigenvalue weighted by atomic mass is 10.5. The molecule has 66 valence electrons. The van der Waals surface area contributed by atoms with Crippen molar-refractivity contribution in [3.05, 3.63) is 17.7 Å². The summed E-state index contributed by atoms with van der Waals surface area (Å²) in [5, 5.41) is 8.68. The number of aromatic carboxylic acids is 1. The molecular formula is C7H10N2O2S. The van der Waals surface area contributed by atoms with Gasteiger partial charge in [-0.25, -0.2) is 9.78 Å². The third-order valence-corrected chi connectivity index (χ3v) is 2.12. The Balaban J connectivity index is 2.96.